The summed E-state index contributed by atoms with van der Waals surface area (Å²) in [5.41, 5.74) is 0. The molecule has 0 bridgehead atoms. The Morgan fingerprint density at radius 3 is 2.79 bits per heavy atom. The van der Waals surface area contributed by atoms with Gasteiger partial charge in [-0.25, -0.2) is 9.78 Å². The molecule has 2 rings (SSSR count). The van der Waals surface area contributed by atoms with E-state index in [2.05, 4.69) is 4.98 Å². The Morgan fingerprint density at radius 2 is 2.16 bits per heavy atom. The van der Waals surface area contributed by atoms with Crippen molar-refractivity contribution in [1.29, 1.82) is 0 Å². The first kappa shape index (κ1) is 14.4. The molecule has 0 saturated carbocycles. The van der Waals surface area contributed by atoms with E-state index in [0.717, 1.165) is 9.88 Å². The summed E-state index contributed by atoms with van der Waals surface area (Å²) < 4.78 is 20.9. The van der Waals surface area contributed by atoms with Crippen LogP contribution in [-0.4, -0.2) is 37.4 Å². The minimum atomic E-state index is -0.573. The first-order chi connectivity index (χ1) is 9.11. The first-order valence-electron chi connectivity index (χ1n) is 6.04. The lowest BCUT2D eigenvalue weighted by atomic mass is 10.3. The lowest BCUT2D eigenvalue weighted by Crippen LogP contribution is -2.22. The van der Waals surface area contributed by atoms with Crippen LogP contribution >= 0.6 is 11.3 Å². The summed E-state index contributed by atoms with van der Waals surface area (Å²) in [5, 5.41) is 0.746. The average molecular weight is 287 g/mol. The standard InChI is InChI=1S/C12H17NO5S/c1-7(18-11(14)8(2)15-3)9-6-13-10(19-9)12-16-4-5-17-12/h6-8,12H,4-5H2,1-3H3/t7-,8-/m1/s1. The Bertz CT molecular complexity index is 430. The monoisotopic (exact) mass is 287 g/mol. The largest absolute Gasteiger partial charge is 0.455 e. The van der Waals surface area contributed by atoms with Crippen LogP contribution in [0.4, 0.5) is 0 Å². The maximum absolute atomic E-state index is 11.6. The van der Waals surface area contributed by atoms with Crippen LogP contribution in [0.2, 0.25) is 0 Å². The van der Waals surface area contributed by atoms with Gasteiger partial charge in [0.2, 0.25) is 6.29 Å². The SMILES string of the molecule is CO[C@H](C)C(=O)O[C@H](C)c1cnc(C2OCCO2)s1. The van der Waals surface area contributed by atoms with Crippen molar-refractivity contribution in [2.24, 2.45) is 0 Å². The van der Waals surface area contributed by atoms with Gasteiger partial charge in [0.05, 0.1) is 18.1 Å². The zero-order valence-corrected chi connectivity index (χ0v) is 11.9. The molecule has 1 aliphatic heterocycles. The number of thiazole rings is 1. The Balaban J connectivity index is 1.95. The van der Waals surface area contributed by atoms with E-state index in [-0.39, 0.29) is 12.4 Å². The number of nitrogens with zero attached hydrogens (tertiary/aromatic N) is 1. The number of aromatic nitrogens is 1. The van der Waals surface area contributed by atoms with Crippen LogP contribution in [0.5, 0.6) is 0 Å². The fourth-order valence-corrected chi connectivity index (χ4v) is 2.42. The van der Waals surface area contributed by atoms with E-state index >= 15 is 0 Å². The third-order valence-corrected chi connectivity index (χ3v) is 3.92. The smallest absolute Gasteiger partial charge is 0.335 e. The molecule has 0 aliphatic carbocycles. The second-order valence-electron chi connectivity index (χ2n) is 4.13. The van der Waals surface area contributed by atoms with Gasteiger partial charge in [-0.3, -0.25) is 0 Å². The molecule has 106 valence electrons. The van der Waals surface area contributed by atoms with E-state index in [9.17, 15) is 4.79 Å². The van der Waals surface area contributed by atoms with Crippen LogP contribution < -0.4 is 0 Å². The third-order valence-electron chi connectivity index (χ3n) is 2.74. The maximum atomic E-state index is 11.6. The molecule has 1 aliphatic rings. The highest BCUT2D eigenvalue weighted by Gasteiger charge is 2.24. The molecule has 2 atom stereocenters. The molecule has 6 nitrogen and oxygen atoms in total. The van der Waals surface area contributed by atoms with Crippen LogP contribution in [0, 0.1) is 0 Å². The number of hydrogen-bond acceptors (Lipinski definition) is 7. The molecule has 0 N–H and O–H groups in total. The van der Waals surface area contributed by atoms with E-state index < -0.39 is 12.1 Å². The zero-order chi connectivity index (χ0) is 13.8. The summed E-state index contributed by atoms with van der Waals surface area (Å²) in [7, 11) is 1.47. The summed E-state index contributed by atoms with van der Waals surface area (Å²) in [6.45, 7) is 4.60. The molecule has 1 aromatic rings. The molecule has 7 heteroatoms. The van der Waals surface area contributed by atoms with Gasteiger partial charge >= 0.3 is 5.97 Å². The van der Waals surface area contributed by atoms with Crippen molar-refractivity contribution in [3.8, 4) is 0 Å². The Labute approximate surface area is 115 Å². The molecule has 0 spiro atoms. The molecule has 0 aromatic carbocycles. The van der Waals surface area contributed by atoms with E-state index in [0.29, 0.717) is 13.2 Å². The number of ether oxygens (including phenoxy) is 4. The molecule has 1 fully saturated rings. The van der Waals surface area contributed by atoms with Crippen molar-refractivity contribution in [2.45, 2.75) is 32.3 Å². The van der Waals surface area contributed by atoms with E-state index in [1.807, 2.05) is 0 Å². The van der Waals surface area contributed by atoms with Crippen molar-refractivity contribution >= 4 is 17.3 Å². The molecule has 0 radical (unpaired) electrons. The Kier molecular flexibility index (Phi) is 4.87. The summed E-state index contributed by atoms with van der Waals surface area (Å²) in [6, 6.07) is 0. The van der Waals surface area contributed by atoms with Crippen molar-refractivity contribution < 1.29 is 23.7 Å². The lowest BCUT2D eigenvalue weighted by Gasteiger charge is -2.14. The van der Waals surface area contributed by atoms with Gasteiger partial charge < -0.3 is 18.9 Å². The van der Waals surface area contributed by atoms with E-state index in [4.69, 9.17) is 18.9 Å². The van der Waals surface area contributed by atoms with Gasteiger partial charge in [0, 0.05) is 13.3 Å². The zero-order valence-electron chi connectivity index (χ0n) is 11.1. The summed E-state index contributed by atoms with van der Waals surface area (Å²) in [6.07, 6.45) is 0.356. The second kappa shape index (κ2) is 6.42. The van der Waals surface area contributed by atoms with Crippen molar-refractivity contribution in [1.82, 2.24) is 4.98 Å². The molecule has 1 saturated heterocycles. The maximum Gasteiger partial charge on any atom is 0.335 e. The summed E-state index contributed by atoms with van der Waals surface area (Å²) in [5.74, 6) is -0.390. The van der Waals surface area contributed by atoms with Gasteiger partial charge in [0.1, 0.15) is 11.1 Å². The van der Waals surface area contributed by atoms with Crippen LogP contribution in [0.15, 0.2) is 6.20 Å². The Morgan fingerprint density at radius 1 is 1.47 bits per heavy atom. The fourth-order valence-electron chi connectivity index (χ4n) is 1.52. The molecule has 19 heavy (non-hydrogen) atoms. The highest BCUT2D eigenvalue weighted by atomic mass is 32.1. The number of esters is 1. The van der Waals surface area contributed by atoms with Crippen LogP contribution in [0.1, 0.15) is 36.1 Å². The fraction of sp³-hybridized carbons (Fsp3) is 0.667. The number of carbonyl (C=O) groups is 1. The van der Waals surface area contributed by atoms with E-state index in [1.54, 1.807) is 20.0 Å². The number of carbonyl (C=O) groups excluding carboxylic acids is 1. The third kappa shape index (κ3) is 3.50. The van der Waals surface area contributed by atoms with Crippen molar-refractivity contribution in [3.63, 3.8) is 0 Å². The van der Waals surface area contributed by atoms with Gasteiger partial charge in [-0.15, -0.1) is 11.3 Å². The minimum Gasteiger partial charge on any atom is -0.455 e. The van der Waals surface area contributed by atoms with Crippen LogP contribution in [0.25, 0.3) is 0 Å². The molecule has 1 aromatic heterocycles. The minimum absolute atomic E-state index is 0.363. The van der Waals surface area contributed by atoms with Crippen molar-refractivity contribution in [3.05, 3.63) is 16.1 Å². The normalized spacial score (nSPS) is 19.3. The predicted molar refractivity (Wildman–Crippen MR) is 67.7 cm³/mol. The van der Waals surface area contributed by atoms with Gasteiger partial charge in [-0.05, 0) is 13.8 Å². The topological polar surface area (TPSA) is 66.9 Å². The predicted octanol–water partition coefficient (Wildman–Crippen LogP) is 1.83. The Hall–Kier alpha value is -1.02. The first-order valence-corrected chi connectivity index (χ1v) is 6.85. The number of hydrogen-bond donors (Lipinski definition) is 0. The number of methoxy groups -OCH3 is 1. The second-order valence-corrected chi connectivity index (χ2v) is 5.23. The number of rotatable bonds is 5. The average Bonchev–Trinajstić information content (AvgIpc) is 3.07. The highest BCUT2D eigenvalue weighted by molar-refractivity contribution is 7.11. The van der Waals surface area contributed by atoms with Gasteiger partial charge in [0.15, 0.2) is 6.10 Å². The summed E-state index contributed by atoms with van der Waals surface area (Å²) >= 11 is 1.42. The quantitative estimate of drug-likeness (QED) is 0.770. The molecule has 0 unspecified atom stereocenters. The van der Waals surface area contributed by atoms with Crippen molar-refractivity contribution in [2.75, 3.05) is 20.3 Å². The van der Waals surface area contributed by atoms with Crippen LogP contribution in [-0.2, 0) is 23.7 Å². The molecular formula is C12H17NO5S. The van der Waals surface area contributed by atoms with E-state index in [1.165, 1.54) is 18.4 Å². The highest BCUT2D eigenvalue weighted by Crippen LogP contribution is 2.31. The summed E-state index contributed by atoms with van der Waals surface area (Å²) in [4.78, 5) is 16.7. The lowest BCUT2D eigenvalue weighted by molar-refractivity contribution is -0.159. The van der Waals surface area contributed by atoms with Gasteiger partial charge in [-0.1, -0.05) is 0 Å². The molecular weight excluding hydrogens is 270 g/mol. The molecule has 2 heterocycles. The molecule has 0 amide bonds. The van der Waals surface area contributed by atoms with Crippen LogP contribution in [0.3, 0.4) is 0 Å². The van der Waals surface area contributed by atoms with Gasteiger partial charge in [-0.2, -0.15) is 0 Å². The van der Waals surface area contributed by atoms with Gasteiger partial charge in [0.25, 0.3) is 0 Å².